The maximum absolute atomic E-state index is 12.2. The standard InChI is InChI=1S/C11H20FNO2S2/c12-8-10(11(14)15)13-6-3-1-2-4-9-5-7-16-17-9/h9-10,13H,1-8H2,(H,14,15). The van der Waals surface area contributed by atoms with Crippen LogP contribution in [0, 0.1) is 0 Å². The summed E-state index contributed by atoms with van der Waals surface area (Å²) in [6.07, 6.45) is 5.77. The van der Waals surface area contributed by atoms with Crippen molar-refractivity contribution in [3.05, 3.63) is 0 Å². The van der Waals surface area contributed by atoms with Crippen molar-refractivity contribution < 1.29 is 14.3 Å². The molecule has 0 aromatic rings. The van der Waals surface area contributed by atoms with E-state index in [1.165, 1.54) is 25.0 Å². The molecule has 1 aliphatic heterocycles. The van der Waals surface area contributed by atoms with Crippen LogP contribution in [0.5, 0.6) is 0 Å². The van der Waals surface area contributed by atoms with Gasteiger partial charge in [-0.05, 0) is 25.8 Å². The number of rotatable bonds is 9. The molecule has 100 valence electrons. The van der Waals surface area contributed by atoms with Crippen LogP contribution in [0.1, 0.15) is 32.1 Å². The Morgan fingerprint density at radius 3 is 2.88 bits per heavy atom. The third-order valence-electron chi connectivity index (χ3n) is 2.77. The van der Waals surface area contributed by atoms with Crippen molar-refractivity contribution in [1.29, 1.82) is 0 Å². The number of halogens is 1. The molecule has 0 aromatic carbocycles. The van der Waals surface area contributed by atoms with Crippen molar-refractivity contribution in [3.63, 3.8) is 0 Å². The van der Waals surface area contributed by atoms with Crippen LogP contribution in [0.25, 0.3) is 0 Å². The van der Waals surface area contributed by atoms with E-state index >= 15 is 0 Å². The zero-order valence-corrected chi connectivity index (χ0v) is 11.5. The molecule has 6 heteroatoms. The van der Waals surface area contributed by atoms with Crippen LogP contribution in [0.15, 0.2) is 0 Å². The van der Waals surface area contributed by atoms with Crippen LogP contribution in [0.4, 0.5) is 4.39 Å². The smallest absolute Gasteiger partial charge is 0.323 e. The fourth-order valence-electron chi connectivity index (χ4n) is 1.72. The first kappa shape index (κ1) is 15.1. The SMILES string of the molecule is O=C(O)C(CF)NCCCCCC1CCSS1. The highest BCUT2D eigenvalue weighted by atomic mass is 33.1. The minimum atomic E-state index is -1.10. The summed E-state index contributed by atoms with van der Waals surface area (Å²) < 4.78 is 12.2. The largest absolute Gasteiger partial charge is 0.480 e. The van der Waals surface area contributed by atoms with Crippen molar-refractivity contribution in [3.8, 4) is 0 Å². The molecule has 2 atom stereocenters. The van der Waals surface area contributed by atoms with Crippen molar-refractivity contribution in [2.45, 2.75) is 43.4 Å². The molecule has 0 amide bonds. The lowest BCUT2D eigenvalue weighted by Crippen LogP contribution is -2.38. The molecule has 0 radical (unpaired) electrons. The topological polar surface area (TPSA) is 49.3 Å². The van der Waals surface area contributed by atoms with Crippen molar-refractivity contribution in [2.75, 3.05) is 19.0 Å². The summed E-state index contributed by atoms with van der Waals surface area (Å²) in [6, 6.07) is -1.03. The molecule has 1 rings (SSSR count). The van der Waals surface area contributed by atoms with Crippen molar-refractivity contribution in [2.24, 2.45) is 0 Å². The van der Waals surface area contributed by atoms with Gasteiger partial charge in [-0.2, -0.15) is 0 Å². The number of aliphatic carboxylic acids is 1. The van der Waals surface area contributed by atoms with Crippen LogP contribution in [0.3, 0.4) is 0 Å². The maximum atomic E-state index is 12.2. The minimum absolute atomic E-state index is 0.591. The predicted octanol–water partition coefficient (Wildman–Crippen LogP) is 2.71. The van der Waals surface area contributed by atoms with E-state index in [9.17, 15) is 9.18 Å². The van der Waals surface area contributed by atoms with Gasteiger partial charge in [0, 0.05) is 11.0 Å². The summed E-state index contributed by atoms with van der Waals surface area (Å²) in [4.78, 5) is 10.5. The second kappa shape index (κ2) is 9.05. The second-order valence-corrected chi connectivity index (χ2v) is 6.96. The van der Waals surface area contributed by atoms with Gasteiger partial charge in [-0.25, -0.2) is 4.39 Å². The van der Waals surface area contributed by atoms with E-state index < -0.39 is 18.7 Å². The van der Waals surface area contributed by atoms with Crippen LogP contribution < -0.4 is 5.32 Å². The van der Waals surface area contributed by atoms with Gasteiger partial charge in [0.25, 0.3) is 0 Å². The molecule has 1 saturated heterocycles. The van der Waals surface area contributed by atoms with Crippen LogP contribution in [-0.2, 0) is 4.79 Å². The van der Waals surface area contributed by atoms with E-state index in [0.29, 0.717) is 6.54 Å². The van der Waals surface area contributed by atoms with Crippen molar-refractivity contribution >= 4 is 27.6 Å². The van der Waals surface area contributed by atoms with Crippen LogP contribution in [-0.4, -0.2) is 41.3 Å². The number of alkyl halides is 1. The Hall–Kier alpha value is 0.0600. The van der Waals surface area contributed by atoms with Gasteiger partial charge in [0.1, 0.15) is 12.7 Å². The number of nitrogens with one attached hydrogen (secondary N) is 1. The fraction of sp³-hybridized carbons (Fsp3) is 0.909. The molecule has 2 N–H and O–H groups in total. The van der Waals surface area contributed by atoms with Crippen molar-refractivity contribution in [1.82, 2.24) is 5.32 Å². The normalized spacial score (nSPS) is 21.6. The van der Waals surface area contributed by atoms with Crippen LogP contribution >= 0.6 is 21.6 Å². The Morgan fingerprint density at radius 2 is 2.29 bits per heavy atom. The Labute approximate surface area is 110 Å². The van der Waals surface area contributed by atoms with Gasteiger partial charge < -0.3 is 10.4 Å². The Morgan fingerprint density at radius 1 is 1.47 bits per heavy atom. The number of unbranched alkanes of at least 4 members (excludes halogenated alkanes) is 2. The molecule has 0 bridgehead atoms. The minimum Gasteiger partial charge on any atom is -0.480 e. The molecule has 2 unspecified atom stereocenters. The zero-order valence-electron chi connectivity index (χ0n) is 9.86. The maximum Gasteiger partial charge on any atom is 0.323 e. The Bertz CT molecular complexity index is 226. The highest BCUT2D eigenvalue weighted by molar-refractivity contribution is 8.77. The van der Waals surface area contributed by atoms with Crippen LogP contribution in [0.2, 0.25) is 0 Å². The Balaban J connectivity index is 1.91. The third kappa shape index (κ3) is 6.52. The molecule has 1 fully saturated rings. The second-order valence-electron chi connectivity index (χ2n) is 4.18. The lowest BCUT2D eigenvalue weighted by Gasteiger charge is -2.10. The zero-order chi connectivity index (χ0) is 12.5. The molecule has 0 aliphatic carbocycles. The first-order valence-electron chi connectivity index (χ1n) is 6.04. The van der Waals surface area contributed by atoms with E-state index in [2.05, 4.69) is 5.32 Å². The van der Waals surface area contributed by atoms with E-state index in [0.717, 1.165) is 18.1 Å². The molecule has 0 spiro atoms. The molecule has 1 aliphatic rings. The first-order chi connectivity index (χ1) is 8.24. The molecule has 1 heterocycles. The average Bonchev–Trinajstić information content (AvgIpc) is 2.80. The van der Waals surface area contributed by atoms with E-state index in [1.54, 1.807) is 0 Å². The molecule has 0 aromatic heterocycles. The summed E-state index contributed by atoms with van der Waals surface area (Å²) in [5, 5.41) is 12.1. The summed E-state index contributed by atoms with van der Waals surface area (Å²) >= 11 is 0. The molecular weight excluding hydrogens is 261 g/mol. The van der Waals surface area contributed by atoms with Gasteiger partial charge in [-0.1, -0.05) is 34.4 Å². The quantitative estimate of drug-likeness (QED) is 0.503. The van der Waals surface area contributed by atoms with Gasteiger partial charge in [-0.3, -0.25) is 4.79 Å². The first-order valence-corrected chi connectivity index (χ1v) is 8.42. The highest BCUT2D eigenvalue weighted by Crippen LogP contribution is 2.39. The van der Waals surface area contributed by atoms with Gasteiger partial charge in [-0.15, -0.1) is 0 Å². The monoisotopic (exact) mass is 281 g/mol. The lowest BCUT2D eigenvalue weighted by atomic mass is 10.1. The fourth-order valence-corrected chi connectivity index (χ4v) is 4.75. The summed E-state index contributed by atoms with van der Waals surface area (Å²) in [7, 11) is 3.95. The third-order valence-corrected chi connectivity index (χ3v) is 5.78. The average molecular weight is 281 g/mol. The lowest BCUT2D eigenvalue weighted by molar-refractivity contribution is -0.139. The number of hydrogen-bond donors (Lipinski definition) is 2. The number of carbonyl (C=O) groups is 1. The van der Waals surface area contributed by atoms with E-state index in [1.807, 2.05) is 21.6 Å². The van der Waals surface area contributed by atoms with Gasteiger partial charge >= 0.3 is 5.97 Å². The number of carboxylic acids is 1. The van der Waals surface area contributed by atoms with E-state index in [4.69, 9.17) is 5.11 Å². The number of carboxylic acid groups (broad SMARTS) is 1. The summed E-state index contributed by atoms with van der Waals surface area (Å²) in [6.45, 7) is -0.251. The predicted molar refractivity (Wildman–Crippen MR) is 72.3 cm³/mol. The molecular formula is C11H20FNO2S2. The van der Waals surface area contributed by atoms with Gasteiger partial charge in [0.05, 0.1) is 0 Å². The summed E-state index contributed by atoms with van der Waals surface area (Å²) in [5.41, 5.74) is 0. The van der Waals surface area contributed by atoms with E-state index in [-0.39, 0.29) is 0 Å². The molecule has 3 nitrogen and oxygen atoms in total. The van der Waals surface area contributed by atoms with Gasteiger partial charge in [0.15, 0.2) is 0 Å². The highest BCUT2D eigenvalue weighted by Gasteiger charge is 2.16. The van der Waals surface area contributed by atoms with Gasteiger partial charge in [0.2, 0.25) is 0 Å². The molecule has 17 heavy (non-hydrogen) atoms. The summed E-state index contributed by atoms with van der Waals surface area (Å²) in [5.74, 6) is 0.167. The molecule has 0 saturated carbocycles. The number of hydrogen-bond acceptors (Lipinski definition) is 4. The Kier molecular flexibility index (Phi) is 8.05.